The summed E-state index contributed by atoms with van der Waals surface area (Å²) in [4.78, 5) is 11.6. The molecule has 0 amide bonds. The Morgan fingerprint density at radius 1 is 1.08 bits per heavy atom. The highest BCUT2D eigenvalue weighted by molar-refractivity contribution is 7.98. The van der Waals surface area contributed by atoms with E-state index in [2.05, 4.69) is 0 Å². The predicted molar refractivity (Wildman–Crippen MR) is 98.5 cm³/mol. The minimum absolute atomic E-state index is 0.111. The molecule has 6 heteroatoms. The summed E-state index contributed by atoms with van der Waals surface area (Å²) >= 11 is 1.65. The number of aromatic hydroxyl groups is 1. The fourth-order valence-corrected chi connectivity index (χ4v) is 3.26. The molecule has 0 radical (unpaired) electrons. The molecule has 134 valence electrons. The highest BCUT2D eigenvalue weighted by Crippen LogP contribution is 2.26. The summed E-state index contributed by atoms with van der Waals surface area (Å²) in [6.45, 7) is 1.57. The second-order valence-corrected chi connectivity index (χ2v) is 6.89. The largest absolute Gasteiger partial charge is 0.508 e. The van der Waals surface area contributed by atoms with Gasteiger partial charge in [0.15, 0.2) is 0 Å². The predicted octanol–water partition coefficient (Wildman–Crippen LogP) is 3.95. The Hall–Kier alpha value is -2.34. The van der Waals surface area contributed by atoms with Crippen molar-refractivity contribution in [1.82, 2.24) is 0 Å². The van der Waals surface area contributed by atoms with Crippen LogP contribution in [0.15, 0.2) is 48.5 Å². The van der Waals surface area contributed by atoms with E-state index in [1.807, 2.05) is 24.3 Å². The van der Waals surface area contributed by atoms with Crippen molar-refractivity contribution in [3.63, 3.8) is 0 Å². The fraction of sp³-hybridized carbons (Fsp3) is 0.316. The highest BCUT2D eigenvalue weighted by Gasteiger charge is 2.35. The number of phenolic OH excluding ortho intramolecular Hbond substituents is 1. The highest BCUT2D eigenvalue weighted by atomic mass is 32.2. The maximum atomic E-state index is 11.6. The van der Waals surface area contributed by atoms with Gasteiger partial charge in [0.05, 0.1) is 7.11 Å². The van der Waals surface area contributed by atoms with Gasteiger partial charge in [-0.25, -0.2) is 4.79 Å². The van der Waals surface area contributed by atoms with E-state index < -0.39 is 11.6 Å². The number of rotatable bonds is 9. The molecular weight excluding hydrogens is 340 g/mol. The van der Waals surface area contributed by atoms with Crippen molar-refractivity contribution < 1.29 is 24.5 Å². The molecule has 0 spiro atoms. The standard InChI is InChI=1S/C19H22O5S/c1-19(18(21)22,24-17-9-5-15(20)6-10-17)11-12-25-13-14-3-7-16(23-2)8-4-14/h3-10,20H,11-13H2,1-2H3,(H,21,22). The van der Waals surface area contributed by atoms with Gasteiger partial charge in [0.1, 0.15) is 17.2 Å². The van der Waals surface area contributed by atoms with E-state index >= 15 is 0 Å². The van der Waals surface area contributed by atoms with Crippen LogP contribution in [0.5, 0.6) is 17.2 Å². The van der Waals surface area contributed by atoms with Crippen molar-refractivity contribution in [2.75, 3.05) is 12.9 Å². The van der Waals surface area contributed by atoms with Crippen LogP contribution in [0.2, 0.25) is 0 Å². The van der Waals surface area contributed by atoms with Gasteiger partial charge >= 0.3 is 5.97 Å². The third-order valence-corrected chi connectivity index (χ3v) is 4.81. The first-order valence-corrected chi connectivity index (χ1v) is 9.00. The SMILES string of the molecule is COc1ccc(CSCCC(C)(Oc2ccc(O)cc2)C(=O)O)cc1. The van der Waals surface area contributed by atoms with E-state index in [0.717, 1.165) is 17.1 Å². The summed E-state index contributed by atoms with van der Waals surface area (Å²) in [6, 6.07) is 13.9. The van der Waals surface area contributed by atoms with E-state index in [1.165, 1.54) is 12.1 Å². The lowest BCUT2D eigenvalue weighted by Gasteiger charge is -2.26. The molecule has 0 bridgehead atoms. The van der Waals surface area contributed by atoms with E-state index in [4.69, 9.17) is 9.47 Å². The first-order chi connectivity index (χ1) is 11.9. The topological polar surface area (TPSA) is 76.0 Å². The molecule has 25 heavy (non-hydrogen) atoms. The number of methoxy groups -OCH3 is 1. The summed E-state index contributed by atoms with van der Waals surface area (Å²) in [5.74, 6) is 1.77. The number of carboxylic acid groups (broad SMARTS) is 1. The first kappa shape index (κ1) is 19.0. The Morgan fingerprint density at radius 2 is 1.68 bits per heavy atom. The van der Waals surface area contributed by atoms with Gasteiger partial charge in [0.25, 0.3) is 0 Å². The lowest BCUT2D eigenvalue weighted by molar-refractivity contribution is -0.153. The number of thioether (sulfide) groups is 1. The third kappa shape index (κ3) is 5.60. The lowest BCUT2D eigenvalue weighted by atomic mass is 10.0. The molecule has 2 aromatic carbocycles. The summed E-state index contributed by atoms with van der Waals surface area (Å²) < 4.78 is 10.8. The van der Waals surface area contributed by atoms with Crippen LogP contribution < -0.4 is 9.47 Å². The van der Waals surface area contributed by atoms with Crippen LogP contribution in [-0.2, 0) is 10.5 Å². The molecule has 1 atom stereocenters. The number of benzene rings is 2. The molecule has 5 nitrogen and oxygen atoms in total. The Kier molecular flexibility index (Phi) is 6.58. The second-order valence-electron chi connectivity index (χ2n) is 5.78. The Balaban J connectivity index is 1.87. The molecule has 0 saturated heterocycles. The van der Waals surface area contributed by atoms with Crippen molar-refractivity contribution >= 4 is 17.7 Å². The van der Waals surface area contributed by atoms with Crippen LogP contribution >= 0.6 is 11.8 Å². The van der Waals surface area contributed by atoms with Crippen molar-refractivity contribution in [3.8, 4) is 17.2 Å². The number of carbonyl (C=O) groups is 1. The second kappa shape index (κ2) is 8.67. The Bertz CT molecular complexity index is 684. The number of aliphatic carboxylic acids is 1. The molecule has 0 aliphatic heterocycles. The normalized spacial score (nSPS) is 13.0. The van der Waals surface area contributed by atoms with Gasteiger partial charge in [-0.1, -0.05) is 12.1 Å². The molecular formula is C19H22O5S. The fourth-order valence-electron chi connectivity index (χ4n) is 2.15. The van der Waals surface area contributed by atoms with Crippen molar-refractivity contribution in [3.05, 3.63) is 54.1 Å². The summed E-state index contributed by atoms with van der Waals surface area (Å²) in [7, 11) is 1.63. The third-order valence-electron chi connectivity index (χ3n) is 3.78. The average Bonchev–Trinajstić information content (AvgIpc) is 2.61. The minimum Gasteiger partial charge on any atom is -0.508 e. The van der Waals surface area contributed by atoms with Crippen LogP contribution in [0, 0.1) is 0 Å². The van der Waals surface area contributed by atoms with Crippen LogP contribution in [0.1, 0.15) is 18.9 Å². The quantitative estimate of drug-likeness (QED) is 0.658. The van der Waals surface area contributed by atoms with Crippen LogP contribution in [0.4, 0.5) is 0 Å². The Labute approximate surface area is 151 Å². The zero-order valence-electron chi connectivity index (χ0n) is 14.3. The van der Waals surface area contributed by atoms with Gasteiger partial charge in [-0.05, 0) is 54.6 Å². The van der Waals surface area contributed by atoms with Crippen LogP contribution in [0.25, 0.3) is 0 Å². The maximum Gasteiger partial charge on any atom is 0.347 e. The zero-order valence-corrected chi connectivity index (χ0v) is 15.1. The molecule has 0 aliphatic rings. The average molecular weight is 362 g/mol. The first-order valence-electron chi connectivity index (χ1n) is 7.85. The van der Waals surface area contributed by atoms with Gasteiger partial charge in [-0.2, -0.15) is 11.8 Å². The number of phenols is 1. The number of carboxylic acids is 1. The van der Waals surface area contributed by atoms with E-state index in [9.17, 15) is 15.0 Å². The van der Waals surface area contributed by atoms with E-state index in [-0.39, 0.29) is 5.75 Å². The van der Waals surface area contributed by atoms with Gasteiger partial charge in [0.2, 0.25) is 5.60 Å². The number of hydrogen-bond acceptors (Lipinski definition) is 5. The molecule has 0 heterocycles. The van der Waals surface area contributed by atoms with Gasteiger partial charge in [-0.3, -0.25) is 0 Å². The summed E-state index contributed by atoms with van der Waals surface area (Å²) in [5.41, 5.74) is -0.161. The van der Waals surface area contributed by atoms with Crippen LogP contribution in [-0.4, -0.2) is 34.6 Å². The number of hydrogen-bond donors (Lipinski definition) is 2. The zero-order chi connectivity index (χ0) is 18.3. The van der Waals surface area contributed by atoms with Gasteiger partial charge in [0, 0.05) is 12.2 Å². The van der Waals surface area contributed by atoms with Crippen LogP contribution in [0.3, 0.4) is 0 Å². The molecule has 0 aliphatic carbocycles. The minimum atomic E-state index is -1.32. The summed E-state index contributed by atoms with van der Waals surface area (Å²) in [5, 5.41) is 18.8. The molecule has 2 rings (SSSR count). The molecule has 2 N–H and O–H groups in total. The molecule has 0 aromatic heterocycles. The lowest BCUT2D eigenvalue weighted by Crippen LogP contribution is -2.42. The monoisotopic (exact) mass is 362 g/mol. The number of ether oxygens (including phenoxy) is 2. The molecule has 1 unspecified atom stereocenters. The van der Waals surface area contributed by atoms with Gasteiger partial charge < -0.3 is 19.7 Å². The molecule has 0 saturated carbocycles. The van der Waals surface area contributed by atoms with Crippen molar-refractivity contribution in [1.29, 1.82) is 0 Å². The van der Waals surface area contributed by atoms with Crippen molar-refractivity contribution in [2.45, 2.75) is 24.7 Å². The molecule has 2 aromatic rings. The van der Waals surface area contributed by atoms with Crippen molar-refractivity contribution in [2.24, 2.45) is 0 Å². The van der Waals surface area contributed by atoms with E-state index in [1.54, 1.807) is 37.9 Å². The smallest absolute Gasteiger partial charge is 0.347 e. The Morgan fingerprint density at radius 3 is 2.24 bits per heavy atom. The van der Waals surface area contributed by atoms with E-state index in [0.29, 0.717) is 17.9 Å². The van der Waals surface area contributed by atoms with Gasteiger partial charge in [-0.15, -0.1) is 0 Å². The summed E-state index contributed by atoms with van der Waals surface area (Å²) in [6.07, 6.45) is 0.365. The maximum absolute atomic E-state index is 11.6. The molecule has 0 fully saturated rings.